The van der Waals surface area contributed by atoms with E-state index in [2.05, 4.69) is 29.7 Å². The van der Waals surface area contributed by atoms with Crippen LogP contribution in [0.4, 0.5) is 0 Å². The van der Waals surface area contributed by atoms with Gasteiger partial charge in [-0.05, 0) is 49.3 Å². The Hall–Kier alpha value is -1.04. The van der Waals surface area contributed by atoms with Crippen molar-refractivity contribution >= 4 is 17.7 Å². The predicted octanol–water partition coefficient (Wildman–Crippen LogP) is 2.58. The zero-order chi connectivity index (χ0) is 16.9. The minimum Gasteiger partial charge on any atom is -0.379 e. The Labute approximate surface area is 149 Å². The van der Waals surface area contributed by atoms with Crippen molar-refractivity contribution < 1.29 is 9.53 Å². The molecule has 2 aliphatic heterocycles. The van der Waals surface area contributed by atoms with E-state index in [0.717, 1.165) is 62.9 Å². The van der Waals surface area contributed by atoms with Crippen LogP contribution >= 0.6 is 11.8 Å². The highest BCUT2D eigenvalue weighted by molar-refractivity contribution is 7.99. The summed E-state index contributed by atoms with van der Waals surface area (Å²) in [6.45, 7) is 9.58. The number of hydrogen-bond donors (Lipinski definition) is 0. The van der Waals surface area contributed by atoms with E-state index in [9.17, 15) is 4.79 Å². The van der Waals surface area contributed by atoms with Gasteiger partial charge in [0.2, 0.25) is 0 Å². The molecule has 24 heavy (non-hydrogen) atoms. The minimum atomic E-state index is 0.193. The van der Waals surface area contributed by atoms with Gasteiger partial charge in [0.05, 0.1) is 19.3 Å². The third-order valence-corrected chi connectivity index (χ3v) is 6.22. The average Bonchev–Trinajstić information content (AvgIpc) is 2.83. The maximum Gasteiger partial charge on any atom is 0.254 e. The predicted molar refractivity (Wildman–Crippen MR) is 99.9 cm³/mol. The summed E-state index contributed by atoms with van der Waals surface area (Å²) in [6, 6.07) is 6.38. The summed E-state index contributed by atoms with van der Waals surface area (Å²) in [7, 11) is 0. The highest BCUT2D eigenvalue weighted by Gasteiger charge is 2.28. The van der Waals surface area contributed by atoms with Crippen LogP contribution < -0.4 is 0 Å². The van der Waals surface area contributed by atoms with Gasteiger partial charge in [-0.25, -0.2) is 0 Å². The van der Waals surface area contributed by atoms with E-state index in [4.69, 9.17) is 4.74 Å². The van der Waals surface area contributed by atoms with Crippen LogP contribution in [0.15, 0.2) is 18.2 Å². The number of hydrogen-bond acceptors (Lipinski definition) is 4. The molecule has 0 saturated carbocycles. The van der Waals surface area contributed by atoms with E-state index in [-0.39, 0.29) is 5.91 Å². The van der Waals surface area contributed by atoms with Gasteiger partial charge in [-0.15, -0.1) is 0 Å². The smallest absolute Gasteiger partial charge is 0.254 e. The second-order valence-corrected chi connectivity index (χ2v) is 7.94. The zero-order valence-corrected chi connectivity index (χ0v) is 15.6. The van der Waals surface area contributed by atoms with E-state index in [1.807, 2.05) is 23.9 Å². The van der Waals surface area contributed by atoms with Crippen molar-refractivity contribution in [1.82, 2.24) is 9.80 Å². The number of amides is 1. The highest BCUT2D eigenvalue weighted by Crippen LogP contribution is 2.21. The molecular weight excluding hydrogens is 320 g/mol. The largest absolute Gasteiger partial charge is 0.379 e. The van der Waals surface area contributed by atoms with Gasteiger partial charge >= 0.3 is 0 Å². The Balaban J connectivity index is 1.75. The molecule has 2 saturated heterocycles. The number of thioether (sulfide) groups is 1. The summed E-state index contributed by atoms with van der Waals surface area (Å²) < 4.78 is 5.45. The van der Waals surface area contributed by atoms with Crippen molar-refractivity contribution in [3.8, 4) is 0 Å². The molecule has 2 heterocycles. The van der Waals surface area contributed by atoms with E-state index in [1.54, 1.807) is 0 Å². The number of ether oxygens (including phenoxy) is 1. The van der Waals surface area contributed by atoms with Crippen LogP contribution in [0.1, 0.15) is 27.9 Å². The average molecular weight is 349 g/mol. The van der Waals surface area contributed by atoms with Gasteiger partial charge in [0.25, 0.3) is 5.91 Å². The van der Waals surface area contributed by atoms with E-state index < -0.39 is 0 Å². The van der Waals surface area contributed by atoms with Gasteiger partial charge in [-0.1, -0.05) is 6.07 Å². The number of aryl methyl sites for hydroxylation is 2. The van der Waals surface area contributed by atoms with Crippen LogP contribution in [0, 0.1) is 13.8 Å². The topological polar surface area (TPSA) is 32.8 Å². The summed E-state index contributed by atoms with van der Waals surface area (Å²) in [6.07, 6.45) is 1.08. The van der Waals surface area contributed by atoms with Gasteiger partial charge in [0, 0.05) is 37.5 Å². The maximum atomic E-state index is 13.1. The first-order valence-electron chi connectivity index (χ1n) is 8.91. The van der Waals surface area contributed by atoms with Crippen LogP contribution in [-0.2, 0) is 4.74 Å². The summed E-state index contributed by atoms with van der Waals surface area (Å²) in [4.78, 5) is 17.7. The number of rotatable bonds is 3. The Morgan fingerprint density at radius 3 is 2.75 bits per heavy atom. The first-order chi connectivity index (χ1) is 11.6. The second-order valence-electron chi connectivity index (χ2n) is 6.79. The molecule has 0 spiro atoms. The second kappa shape index (κ2) is 8.37. The molecule has 5 heteroatoms. The van der Waals surface area contributed by atoms with Crippen molar-refractivity contribution in [2.75, 3.05) is 50.9 Å². The van der Waals surface area contributed by atoms with Crippen molar-refractivity contribution in [1.29, 1.82) is 0 Å². The molecule has 1 aromatic carbocycles. The SMILES string of the molecule is Cc1ccc(C(=O)N2CCCSCC2CN2CCOCC2)cc1C. The normalized spacial score (nSPS) is 23.1. The number of carbonyl (C=O) groups is 1. The molecule has 132 valence electrons. The molecule has 0 bridgehead atoms. The molecule has 0 aliphatic carbocycles. The maximum absolute atomic E-state index is 13.1. The first kappa shape index (κ1) is 17.8. The van der Waals surface area contributed by atoms with E-state index >= 15 is 0 Å². The molecule has 2 aliphatic rings. The Kier molecular flexibility index (Phi) is 6.19. The van der Waals surface area contributed by atoms with Crippen molar-refractivity contribution in [2.24, 2.45) is 0 Å². The van der Waals surface area contributed by atoms with Crippen LogP contribution in [0.5, 0.6) is 0 Å². The third kappa shape index (κ3) is 4.32. The van der Waals surface area contributed by atoms with Crippen molar-refractivity contribution in [3.05, 3.63) is 34.9 Å². The molecule has 2 fully saturated rings. The molecule has 0 aromatic heterocycles. The van der Waals surface area contributed by atoms with E-state index in [0.29, 0.717) is 6.04 Å². The van der Waals surface area contributed by atoms with Gasteiger partial charge in [0.15, 0.2) is 0 Å². The zero-order valence-electron chi connectivity index (χ0n) is 14.8. The number of nitrogens with zero attached hydrogens (tertiary/aromatic N) is 2. The molecule has 1 amide bonds. The molecule has 4 nitrogen and oxygen atoms in total. The molecule has 1 atom stereocenters. The molecule has 0 radical (unpaired) electrons. The van der Waals surface area contributed by atoms with Gasteiger partial charge in [0.1, 0.15) is 0 Å². The number of carbonyl (C=O) groups excluding carboxylic acids is 1. The van der Waals surface area contributed by atoms with Gasteiger partial charge in [-0.2, -0.15) is 11.8 Å². The van der Waals surface area contributed by atoms with Crippen LogP contribution in [0.3, 0.4) is 0 Å². The fraction of sp³-hybridized carbons (Fsp3) is 0.632. The quantitative estimate of drug-likeness (QED) is 0.841. The lowest BCUT2D eigenvalue weighted by Crippen LogP contribution is -2.50. The number of benzene rings is 1. The van der Waals surface area contributed by atoms with Gasteiger partial charge < -0.3 is 9.64 Å². The Morgan fingerprint density at radius 1 is 1.21 bits per heavy atom. The molecule has 3 rings (SSSR count). The summed E-state index contributed by atoms with van der Waals surface area (Å²) >= 11 is 1.98. The van der Waals surface area contributed by atoms with Gasteiger partial charge in [-0.3, -0.25) is 9.69 Å². The minimum absolute atomic E-state index is 0.193. The first-order valence-corrected chi connectivity index (χ1v) is 10.1. The number of morpholine rings is 1. The Morgan fingerprint density at radius 2 is 2.00 bits per heavy atom. The molecule has 1 aromatic rings. The van der Waals surface area contributed by atoms with Crippen molar-refractivity contribution in [2.45, 2.75) is 26.3 Å². The van der Waals surface area contributed by atoms with Crippen molar-refractivity contribution in [3.63, 3.8) is 0 Å². The lowest BCUT2D eigenvalue weighted by atomic mass is 10.0. The highest BCUT2D eigenvalue weighted by atomic mass is 32.2. The standard InChI is InChI=1S/C19H28N2O2S/c1-15-4-5-17(12-16(15)2)19(22)21-6-3-11-24-14-18(21)13-20-7-9-23-10-8-20/h4-5,12,18H,3,6-11,13-14H2,1-2H3. The molecular formula is C19H28N2O2S. The van der Waals surface area contributed by atoms with Crippen LogP contribution in [0.25, 0.3) is 0 Å². The van der Waals surface area contributed by atoms with Crippen LogP contribution in [0.2, 0.25) is 0 Å². The molecule has 0 N–H and O–H groups in total. The third-order valence-electron chi connectivity index (χ3n) is 5.03. The fourth-order valence-electron chi connectivity index (χ4n) is 3.37. The fourth-order valence-corrected chi connectivity index (χ4v) is 4.43. The summed E-state index contributed by atoms with van der Waals surface area (Å²) in [5.74, 6) is 2.38. The lowest BCUT2D eigenvalue weighted by Gasteiger charge is -2.35. The molecule has 1 unspecified atom stereocenters. The summed E-state index contributed by atoms with van der Waals surface area (Å²) in [5, 5.41) is 0. The van der Waals surface area contributed by atoms with Crippen LogP contribution in [-0.4, -0.2) is 72.6 Å². The van der Waals surface area contributed by atoms with E-state index in [1.165, 1.54) is 11.1 Å². The monoisotopic (exact) mass is 348 g/mol. The lowest BCUT2D eigenvalue weighted by molar-refractivity contribution is 0.0245. The Bertz CT molecular complexity index is 572. The summed E-state index contributed by atoms with van der Waals surface area (Å²) in [5.41, 5.74) is 3.26.